The fraction of sp³-hybridized carbons (Fsp3) is 0.700. The summed E-state index contributed by atoms with van der Waals surface area (Å²) in [5, 5.41) is 3.76. The fourth-order valence-electron chi connectivity index (χ4n) is 5.08. The van der Waals surface area contributed by atoms with Gasteiger partial charge in [-0.05, 0) is 50.1 Å². The highest BCUT2D eigenvalue weighted by Crippen LogP contribution is 2.50. The highest BCUT2D eigenvalue weighted by molar-refractivity contribution is 5.31. The van der Waals surface area contributed by atoms with E-state index in [1.165, 1.54) is 51.4 Å². The first-order valence-electron chi connectivity index (χ1n) is 9.03. The van der Waals surface area contributed by atoms with Crippen LogP contribution in [0.5, 0.6) is 0 Å². The van der Waals surface area contributed by atoms with Gasteiger partial charge >= 0.3 is 0 Å². The minimum Gasteiger partial charge on any atom is -0.316 e. The van der Waals surface area contributed by atoms with Crippen LogP contribution in [-0.4, -0.2) is 13.1 Å². The minimum atomic E-state index is 0.413. The average molecular weight is 285 g/mol. The van der Waals surface area contributed by atoms with E-state index < -0.39 is 0 Å². The smallest absolute Gasteiger partial charge is 0.0189 e. The molecule has 2 aliphatic carbocycles. The Bertz CT molecular complexity index is 434. The summed E-state index contributed by atoms with van der Waals surface area (Å²) in [5.74, 6) is 1.83. The molecule has 21 heavy (non-hydrogen) atoms. The molecule has 1 aromatic rings. The highest BCUT2D eigenvalue weighted by Gasteiger charge is 2.48. The Labute approximate surface area is 130 Å². The summed E-state index contributed by atoms with van der Waals surface area (Å²) in [4.78, 5) is 0. The number of benzene rings is 1. The molecule has 0 radical (unpaired) electrons. The van der Waals surface area contributed by atoms with Crippen LogP contribution < -0.4 is 5.32 Å². The average Bonchev–Trinajstić information content (AvgIpc) is 2.51. The second-order valence-electron chi connectivity index (χ2n) is 7.34. The van der Waals surface area contributed by atoms with Gasteiger partial charge in [-0.15, -0.1) is 0 Å². The summed E-state index contributed by atoms with van der Waals surface area (Å²) in [7, 11) is 2.20. The van der Waals surface area contributed by atoms with Gasteiger partial charge in [0.2, 0.25) is 0 Å². The maximum atomic E-state index is 3.76. The third kappa shape index (κ3) is 2.77. The van der Waals surface area contributed by atoms with Crippen molar-refractivity contribution in [1.82, 2.24) is 5.32 Å². The molecule has 3 unspecified atom stereocenters. The lowest BCUT2D eigenvalue weighted by Crippen LogP contribution is -2.56. The molecule has 0 saturated heterocycles. The van der Waals surface area contributed by atoms with E-state index in [0.717, 1.165) is 11.8 Å². The second kappa shape index (κ2) is 6.52. The van der Waals surface area contributed by atoms with Crippen LogP contribution >= 0.6 is 0 Å². The van der Waals surface area contributed by atoms with Crippen molar-refractivity contribution in [2.24, 2.45) is 11.8 Å². The van der Waals surface area contributed by atoms with Gasteiger partial charge in [0.25, 0.3) is 0 Å². The molecule has 0 heterocycles. The molecule has 0 aliphatic heterocycles. The standard InChI is InChI=1S/C20H31N/c1-3-16-9-7-10-17(15-16)19(21-2)20(13-8-14-20)18-11-5-4-6-12-18/h4-6,11-12,16-17,19,21H,3,7-10,13-15H2,1-2H3. The van der Waals surface area contributed by atoms with Crippen molar-refractivity contribution in [3.63, 3.8) is 0 Å². The molecular weight excluding hydrogens is 254 g/mol. The Kier molecular flexibility index (Phi) is 4.69. The summed E-state index contributed by atoms with van der Waals surface area (Å²) in [6, 6.07) is 12.0. The van der Waals surface area contributed by atoms with Crippen LogP contribution in [0.3, 0.4) is 0 Å². The molecule has 1 heteroatoms. The van der Waals surface area contributed by atoms with Crippen LogP contribution in [0, 0.1) is 11.8 Å². The van der Waals surface area contributed by atoms with E-state index in [1.807, 2.05) is 0 Å². The van der Waals surface area contributed by atoms with Gasteiger partial charge in [0.15, 0.2) is 0 Å². The zero-order valence-electron chi connectivity index (χ0n) is 13.8. The molecular formula is C20H31N. The Morgan fingerprint density at radius 2 is 1.90 bits per heavy atom. The maximum absolute atomic E-state index is 3.76. The quantitative estimate of drug-likeness (QED) is 0.810. The van der Waals surface area contributed by atoms with Gasteiger partial charge in [0.1, 0.15) is 0 Å². The van der Waals surface area contributed by atoms with Crippen LogP contribution in [0.15, 0.2) is 30.3 Å². The van der Waals surface area contributed by atoms with Crippen LogP contribution in [0.4, 0.5) is 0 Å². The van der Waals surface area contributed by atoms with Crippen molar-refractivity contribution in [3.05, 3.63) is 35.9 Å². The monoisotopic (exact) mass is 285 g/mol. The number of likely N-dealkylation sites (N-methyl/N-ethyl adjacent to an activating group) is 1. The molecule has 116 valence electrons. The molecule has 3 atom stereocenters. The Balaban J connectivity index is 1.84. The Morgan fingerprint density at radius 3 is 2.48 bits per heavy atom. The lowest BCUT2D eigenvalue weighted by Gasteiger charge is -2.52. The predicted molar refractivity (Wildman–Crippen MR) is 90.6 cm³/mol. The van der Waals surface area contributed by atoms with E-state index in [9.17, 15) is 0 Å². The topological polar surface area (TPSA) is 12.0 Å². The first-order chi connectivity index (χ1) is 10.3. The molecule has 0 aromatic heterocycles. The molecule has 2 fully saturated rings. The van der Waals surface area contributed by atoms with Crippen molar-refractivity contribution in [1.29, 1.82) is 0 Å². The van der Waals surface area contributed by atoms with E-state index in [4.69, 9.17) is 0 Å². The zero-order chi connectivity index (χ0) is 14.7. The van der Waals surface area contributed by atoms with E-state index >= 15 is 0 Å². The molecule has 2 aliphatic rings. The molecule has 2 saturated carbocycles. The summed E-state index contributed by atoms with van der Waals surface area (Å²) in [5.41, 5.74) is 1.99. The highest BCUT2D eigenvalue weighted by atomic mass is 14.9. The van der Waals surface area contributed by atoms with Gasteiger partial charge in [-0.25, -0.2) is 0 Å². The Hall–Kier alpha value is -0.820. The van der Waals surface area contributed by atoms with Gasteiger partial charge < -0.3 is 5.32 Å². The van der Waals surface area contributed by atoms with Crippen molar-refractivity contribution >= 4 is 0 Å². The zero-order valence-corrected chi connectivity index (χ0v) is 13.8. The molecule has 0 spiro atoms. The SMILES string of the molecule is CCC1CCCC(C(NC)C2(c3ccccc3)CCC2)C1. The van der Waals surface area contributed by atoms with E-state index in [-0.39, 0.29) is 0 Å². The number of rotatable bonds is 5. The van der Waals surface area contributed by atoms with Gasteiger partial charge in [-0.2, -0.15) is 0 Å². The minimum absolute atomic E-state index is 0.413. The van der Waals surface area contributed by atoms with Gasteiger partial charge in [0, 0.05) is 11.5 Å². The third-order valence-electron chi connectivity index (χ3n) is 6.37. The molecule has 0 amide bonds. The number of hydrogen-bond acceptors (Lipinski definition) is 1. The van der Waals surface area contributed by atoms with E-state index in [0.29, 0.717) is 11.5 Å². The summed E-state index contributed by atoms with van der Waals surface area (Å²) in [6.07, 6.45) is 11.3. The summed E-state index contributed by atoms with van der Waals surface area (Å²) >= 11 is 0. The van der Waals surface area contributed by atoms with Gasteiger partial charge in [-0.3, -0.25) is 0 Å². The van der Waals surface area contributed by atoms with Gasteiger partial charge in [0.05, 0.1) is 0 Å². The Morgan fingerprint density at radius 1 is 1.14 bits per heavy atom. The molecule has 3 rings (SSSR count). The molecule has 1 nitrogen and oxygen atoms in total. The molecule has 1 aromatic carbocycles. The second-order valence-corrected chi connectivity index (χ2v) is 7.34. The normalized spacial score (nSPS) is 29.6. The van der Waals surface area contributed by atoms with Crippen molar-refractivity contribution in [3.8, 4) is 0 Å². The summed E-state index contributed by atoms with van der Waals surface area (Å²) < 4.78 is 0. The summed E-state index contributed by atoms with van der Waals surface area (Å²) in [6.45, 7) is 2.37. The van der Waals surface area contributed by atoms with E-state index in [1.54, 1.807) is 5.56 Å². The van der Waals surface area contributed by atoms with Crippen LogP contribution in [0.1, 0.15) is 63.9 Å². The van der Waals surface area contributed by atoms with Crippen LogP contribution in [0.2, 0.25) is 0 Å². The fourth-order valence-corrected chi connectivity index (χ4v) is 5.08. The predicted octanol–water partition coefficient (Wildman–Crippen LogP) is 4.91. The first kappa shape index (κ1) is 15.1. The van der Waals surface area contributed by atoms with Crippen LogP contribution in [0.25, 0.3) is 0 Å². The number of hydrogen-bond donors (Lipinski definition) is 1. The van der Waals surface area contributed by atoms with Crippen molar-refractivity contribution in [2.45, 2.75) is 69.7 Å². The lowest BCUT2D eigenvalue weighted by atomic mass is 9.55. The molecule has 0 bridgehead atoms. The van der Waals surface area contributed by atoms with Gasteiger partial charge in [-0.1, -0.05) is 62.9 Å². The van der Waals surface area contributed by atoms with E-state index in [2.05, 4.69) is 49.6 Å². The lowest BCUT2D eigenvalue weighted by molar-refractivity contribution is 0.0951. The largest absolute Gasteiger partial charge is 0.316 e. The molecule has 1 N–H and O–H groups in total. The first-order valence-corrected chi connectivity index (χ1v) is 9.03. The van der Waals surface area contributed by atoms with Crippen molar-refractivity contribution in [2.75, 3.05) is 7.05 Å². The van der Waals surface area contributed by atoms with Crippen LogP contribution in [-0.2, 0) is 5.41 Å². The third-order valence-corrected chi connectivity index (χ3v) is 6.37. The maximum Gasteiger partial charge on any atom is 0.0189 e. The van der Waals surface area contributed by atoms with Crippen molar-refractivity contribution < 1.29 is 0 Å². The number of nitrogens with one attached hydrogen (secondary N) is 1.